The van der Waals surface area contributed by atoms with Gasteiger partial charge < -0.3 is 14.2 Å². The zero-order valence-electron chi connectivity index (χ0n) is 10.3. The number of hydrogen-bond donors (Lipinski definition) is 0. The van der Waals surface area contributed by atoms with Crippen LogP contribution >= 0.6 is 0 Å². The highest BCUT2D eigenvalue weighted by Crippen LogP contribution is 2.13. The fraction of sp³-hybridized carbons (Fsp3) is 0.500. The van der Waals surface area contributed by atoms with Crippen LogP contribution in [0.5, 0.6) is 5.75 Å². The van der Waals surface area contributed by atoms with Gasteiger partial charge in [-0.2, -0.15) is 5.26 Å². The van der Waals surface area contributed by atoms with Gasteiger partial charge in [-0.15, -0.1) is 0 Å². The molecule has 1 aliphatic heterocycles. The highest BCUT2D eigenvalue weighted by molar-refractivity contribution is 5.28. The van der Waals surface area contributed by atoms with Crippen molar-refractivity contribution in [1.82, 2.24) is 0 Å². The summed E-state index contributed by atoms with van der Waals surface area (Å²) in [5.41, 5.74) is 1.00. The van der Waals surface area contributed by atoms with Gasteiger partial charge in [-0.05, 0) is 24.1 Å². The van der Waals surface area contributed by atoms with E-state index in [2.05, 4.69) is 6.07 Å². The molecule has 1 fully saturated rings. The Morgan fingerprint density at radius 1 is 1.28 bits per heavy atom. The lowest BCUT2D eigenvalue weighted by molar-refractivity contribution is 0.0265. The van der Waals surface area contributed by atoms with E-state index in [1.165, 1.54) is 0 Å². The standard InChI is InChI=1S/C14H17NO3/c15-7-5-12-1-3-13(4-2-12)17-9-10-18-14-6-8-16-11-14/h1-4,14H,5-6,8-11H2. The molecule has 96 valence electrons. The fourth-order valence-corrected chi connectivity index (χ4v) is 1.81. The highest BCUT2D eigenvalue weighted by atomic mass is 16.6. The number of ether oxygens (including phenoxy) is 3. The molecular formula is C14H17NO3. The maximum absolute atomic E-state index is 8.56. The largest absolute Gasteiger partial charge is 0.491 e. The zero-order chi connectivity index (χ0) is 12.6. The van der Waals surface area contributed by atoms with Crippen LogP contribution in [0.25, 0.3) is 0 Å². The van der Waals surface area contributed by atoms with Gasteiger partial charge in [0, 0.05) is 6.61 Å². The summed E-state index contributed by atoms with van der Waals surface area (Å²) < 4.78 is 16.4. The Labute approximate surface area is 107 Å². The van der Waals surface area contributed by atoms with E-state index in [1.807, 2.05) is 24.3 Å². The van der Waals surface area contributed by atoms with Gasteiger partial charge >= 0.3 is 0 Å². The monoisotopic (exact) mass is 247 g/mol. The molecule has 2 rings (SSSR count). The van der Waals surface area contributed by atoms with Crippen LogP contribution in [0.3, 0.4) is 0 Å². The third-order valence-electron chi connectivity index (χ3n) is 2.80. The molecule has 0 radical (unpaired) electrons. The molecule has 0 saturated carbocycles. The molecule has 0 amide bonds. The molecule has 1 unspecified atom stereocenters. The molecule has 0 aliphatic carbocycles. The van der Waals surface area contributed by atoms with Gasteiger partial charge in [0.2, 0.25) is 0 Å². The van der Waals surface area contributed by atoms with Crippen molar-refractivity contribution in [1.29, 1.82) is 5.26 Å². The molecule has 4 heteroatoms. The number of nitrogens with zero attached hydrogens (tertiary/aromatic N) is 1. The van der Waals surface area contributed by atoms with Crippen LogP contribution < -0.4 is 4.74 Å². The van der Waals surface area contributed by atoms with Gasteiger partial charge in [-0.25, -0.2) is 0 Å². The van der Waals surface area contributed by atoms with Crippen LogP contribution in [0, 0.1) is 11.3 Å². The van der Waals surface area contributed by atoms with Crippen LogP contribution in [-0.2, 0) is 15.9 Å². The first-order valence-electron chi connectivity index (χ1n) is 6.16. The van der Waals surface area contributed by atoms with Crippen molar-refractivity contribution in [2.24, 2.45) is 0 Å². The summed E-state index contributed by atoms with van der Waals surface area (Å²) in [6, 6.07) is 9.69. The molecule has 18 heavy (non-hydrogen) atoms. The maximum atomic E-state index is 8.56. The number of benzene rings is 1. The molecule has 0 spiro atoms. The Kier molecular flexibility index (Phi) is 5.00. The minimum atomic E-state index is 0.228. The van der Waals surface area contributed by atoms with E-state index in [4.69, 9.17) is 19.5 Å². The van der Waals surface area contributed by atoms with Gasteiger partial charge in [-0.3, -0.25) is 0 Å². The molecule has 1 saturated heterocycles. The molecule has 1 aliphatic rings. The normalized spacial score (nSPS) is 18.5. The van der Waals surface area contributed by atoms with Crippen molar-refractivity contribution in [2.45, 2.75) is 18.9 Å². The predicted molar refractivity (Wildman–Crippen MR) is 66.4 cm³/mol. The Morgan fingerprint density at radius 3 is 2.78 bits per heavy atom. The van der Waals surface area contributed by atoms with Crippen LogP contribution in [-0.4, -0.2) is 32.5 Å². The molecule has 4 nitrogen and oxygen atoms in total. The molecule has 1 aromatic rings. The van der Waals surface area contributed by atoms with E-state index in [1.54, 1.807) is 0 Å². The van der Waals surface area contributed by atoms with Gasteiger partial charge in [0.1, 0.15) is 12.4 Å². The van der Waals surface area contributed by atoms with E-state index < -0.39 is 0 Å². The smallest absolute Gasteiger partial charge is 0.119 e. The minimum Gasteiger partial charge on any atom is -0.491 e. The lowest BCUT2D eigenvalue weighted by atomic mass is 10.2. The Morgan fingerprint density at radius 2 is 2.11 bits per heavy atom. The van der Waals surface area contributed by atoms with E-state index >= 15 is 0 Å². The van der Waals surface area contributed by atoms with Gasteiger partial charge in [-0.1, -0.05) is 12.1 Å². The first kappa shape index (κ1) is 12.9. The zero-order valence-corrected chi connectivity index (χ0v) is 10.3. The summed E-state index contributed by atoms with van der Waals surface area (Å²) in [4.78, 5) is 0. The molecule has 1 aromatic carbocycles. The highest BCUT2D eigenvalue weighted by Gasteiger charge is 2.15. The number of rotatable bonds is 6. The summed E-state index contributed by atoms with van der Waals surface area (Å²) in [5.74, 6) is 0.808. The van der Waals surface area contributed by atoms with Gasteiger partial charge in [0.25, 0.3) is 0 Å². The SMILES string of the molecule is N#CCc1ccc(OCCOC2CCOC2)cc1. The fourth-order valence-electron chi connectivity index (χ4n) is 1.81. The maximum Gasteiger partial charge on any atom is 0.119 e. The molecule has 0 bridgehead atoms. The van der Waals surface area contributed by atoms with Crippen LogP contribution in [0.2, 0.25) is 0 Å². The Balaban J connectivity index is 1.65. The molecular weight excluding hydrogens is 230 g/mol. The lowest BCUT2D eigenvalue weighted by Crippen LogP contribution is -2.16. The Hall–Kier alpha value is -1.57. The second-order valence-corrected chi connectivity index (χ2v) is 4.18. The van der Waals surface area contributed by atoms with Crippen molar-refractivity contribution in [2.75, 3.05) is 26.4 Å². The van der Waals surface area contributed by atoms with Crippen molar-refractivity contribution >= 4 is 0 Å². The second kappa shape index (κ2) is 7.00. The van der Waals surface area contributed by atoms with Gasteiger partial charge in [0.05, 0.1) is 31.8 Å². The van der Waals surface area contributed by atoms with Crippen molar-refractivity contribution in [3.8, 4) is 11.8 Å². The average Bonchev–Trinajstić information content (AvgIpc) is 2.90. The number of hydrogen-bond acceptors (Lipinski definition) is 4. The number of nitriles is 1. The average molecular weight is 247 g/mol. The van der Waals surface area contributed by atoms with Crippen molar-refractivity contribution in [3.63, 3.8) is 0 Å². The van der Waals surface area contributed by atoms with Crippen LogP contribution in [0.1, 0.15) is 12.0 Å². The van der Waals surface area contributed by atoms with Crippen LogP contribution in [0.15, 0.2) is 24.3 Å². The minimum absolute atomic E-state index is 0.228. The van der Waals surface area contributed by atoms with Crippen molar-refractivity contribution in [3.05, 3.63) is 29.8 Å². The first-order valence-corrected chi connectivity index (χ1v) is 6.16. The Bertz CT molecular complexity index is 390. The summed E-state index contributed by atoms with van der Waals surface area (Å²) >= 11 is 0. The van der Waals surface area contributed by atoms with Crippen molar-refractivity contribution < 1.29 is 14.2 Å². The molecule has 0 aromatic heterocycles. The quantitative estimate of drug-likeness (QED) is 0.721. The van der Waals surface area contributed by atoms with E-state index in [-0.39, 0.29) is 6.10 Å². The van der Waals surface area contributed by atoms with Gasteiger partial charge in [0.15, 0.2) is 0 Å². The second-order valence-electron chi connectivity index (χ2n) is 4.18. The lowest BCUT2D eigenvalue weighted by Gasteiger charge is -2.10. The third kappa shape index (κ3) is 4.02. The van der Waals surface area contributed by atoms with E-state index in [0.29, 0.717) is 26.2 Å². The first-order chi connectivity index (χ1) is 8.88. The molecule has 0 N–H and O–H groups in total. The molecule has 1 atom stereocenters. The summed E-state index contributed by atoms with van der Waals surface area (Å²) in [7, 11) is 0. The van der Waals surface area contributed by atoms with Crippen LogP contribution in [0.4, 0.5) is 0 Å². The summed E-state index contributed by atoms with van der Waals surface area (Å²) in [6.45, 7) is 2.61. The topological polar surface area (TPSA) is 51.5 Å². The summed E-state index contributed by atoms with van der Waals surface area (Å²) in [5, 5.41) is 8.56. The third-order valence-corrected chi connectivity index (χ3v) is 2.80. The van der Waals surface area contributed by atoms with E-state index in [0.717, 1.165) is 24.3 Å². The van der Waals surface area contributed by atoms with E-state index in [9.17, 15) is 0 Å². The molecule has 1 heterocycles. The summed E-state index contributed by atoms with van der Waals surface area (Å²) in [6.07, 6.45) is 1.64. The predicted octanol–water partition coefficient (Wildman–Crippen LogP) is 1.94.